The van der Waals surface area contributed by atoms with E-state index in [1.807, 2.05) is 0 Å². The van der Waals surface area contributed by atoms with Crippen LogP contribution in [0.25, 0.3) is 11.3 Å². The summed E-state index contributed by atoms with van der Waals surface area (Å²) in [5.74, 6) is -2.45. The highest BCUT2D eigenvalue weighted by molar-refractivity contribution is 5.68. The summed E-state index contributed by atoms with van der Waals surface area (Å²) < 4.78 is 57.8. The van der Waals surface area contributed by atoms with Gasteiger partial charge in [-0.2, -0.15) is 13.8 Å². The first kappa shape index (κ1) is 21.9. The maximum atomic E-state index is 13.9. The lowest BCUT2D eigenvalue weighted by molar-refractivity contribution is -0.0494. The van der Waals surface area contributed by atoms with Gasteiger partial charge in [-0.05, 0) is 25.5 Å². The zero-order valence-electron chi connectivity index (χ0n) is 17.9. The highest BCUT2D eigenvalue weighted by atomic mass is 19.3. The average Bonchev–Trinajstić information content (AvgIpc) is 3.40. The number of alkyl halides is 4. The van der Waals surface area contributed by atoms with Gasteiger partial charge in [-0.3, -0.25) is 4.90 Å². The third kappa shape index (κ3) is 4.61. The van der Waals surface area contributed by atoms with Gasteiger partial charge in [-0.25, -0.2) is 18.7 Å². The van der Waals surface area contributed by atoms with Gasteiger partial charge in [0.1, 0.15) is 5.82 Å². The van der Waals surface area contributed by atoms with E-state index in [2.05, 4.69) is 29.5 Å². The maximum absolute atomic E-state index is 13.9. The molecule has 8 nitrogen and oxygen atoms in total. The topological polar surface area (TPSA) is 83.6 Å². The summed E-state index contributed by atoms with van der Waals surface area (Å²) in [4.78, 5) is 19.1. The Morgan fingerprint density at radius 3 is 2.70 bits per heavy atom. The van der Waals surface area contributed by atoms with E-state index >= 15 is 0 Å². The van der Waals surface area contributed by atoms with Crippen LogP contribution in [0.15, 0.2) is 18.3 Å². The van der Waals surface area contributed by atoms with E-state index in [1.165, 1.54) is 17.2 Å². The summed E-state index contributed by atoms with van der Waals surface area (Å²) >= 11 is 0. The van der Waals surface area contributed by atoms with Gasteiger partial charge >= 0.3 is 6.61 Å². The van der Waals surface area contributed by atoms with Crippen LogP contribution in [0, 0.1) is 0 Å². The fraction of sp³-hybridized carbons (Fsp3) is 0.571. The minimum absolute atomic E-state index is 0.131. The zero-order valence-corrected chi connectivity index (χ0v) is 17.9. The average molecular weight is 467 g/mol. The van der Waals surface area contributed by atoms with Crippen molar-refractivity contribution in [1.29, 1.82) is 0 Å². The highest BCUT2D eigenvalue weighted by Crippen LogP contribution is 2.34. The van der Waals surface area contributed by atoms with Crippen LogP contribution in [0.4, 0.5) is 35.1 Å². The molecule has 0 saturated carbocycles. The van der Waals surface area contributed by atoms with Crippen LogP contribution in [0.3, 0.4) is 0 Å². The maximum Gasteiger partial charge on any atom is 0.387 e. The van der Waals surface area contributed by atoms with Gasteiger partial charge in [-0.15, -0.1) is 0 Å². The number of anilines is 3. The van der Waals surface area contributed by atoms with Crippen LogP contribution in [-0.2, 0) is 0 Å². The van der Waals surface area contributed by atoms with Gasteiger partial charge < -0.3 is 20.3 Å². The Kier molecular flexibility index (Phi) is 5.63. The number of fused-ring (bicyclic) bond motifs is 1. The fourth-order valence-electron chi connectivity index (χ4n) is 4.76. The van der Waals surface area contributed by atoms with E-state index in [9.17, 15) is 17.6 Å². The number of rotatable bonds is 5. The molecular weight excluding hydrogens is 442 g/mol. The Bertz CT molecular complexity index is 1020. The molecule has 1 atom stereocenters. The Morgan fingerprint density at radius 1 is 1.09 bits per heavy atom. The number of nitrogen functional groups attached to an aromatic ring is 1. The molecule has 0 amide bonds. The Morgan fingerprint density at radius 2 is 1.94 bits per heavy atom. The van der Waals surface area contributed by atoms with Crippen LogP contribution in [0.1, 0.15) is 19.3 Å². The van der Waals surface area contributed by atoms with Crippen LogP contribution in [0.2, 0.25) is 0 Å². The minimum Gasteiger partial charge on any atom is -0.431 e. The van der Waals surface area contributed by atoms with Crippen LogP contribution < -0.4 is 20.3 Å². The molecule has 0 aromatic carbocycles. The van der Waals surface area contributed by atoms with Crippen LogP contribution in [0.5, 0.6) is 5.75 Å². The summed E-state index contributed by atoms with van der Waals surface area (Å²) in [6.07, 6.45) is 3.39. The number of nitrogens with two attached hydrogens (primary N) is 1. The predicted molar refractivity (Wildman–Crippen MR) is 115 cm³/mol. The van der Waals surface area contributed by atoms with Gasteiger partial charge in [0, 0.05) is 56.5 Å². The first-order valence-corrected chi connectivity index (χ1v) is 11.0. The second-order valence-corrected chi connectivity index (χ2v) is 8.70. The minimum atomic E-state index is -3.06. The molecule has 12 heteroatoms. The SMILES string of the molecule is Nc1ncc(-c2cc(N3CCN4CCCC4C3)nc(N3CCC(F)(F)C3)n2)cc1OC(F)F. The molecular formula is C21H25F4N7O. The van der Waals surface area contributed by atoms with Gasteiger partial charge in [0.2, 0.25) is 5.95 Å². The number of ether oxygens (including phenoxy) is 1. The van der Waals surface area contributed by atoms with Crippen LogP contribution in [-0.4, -0.2) is 77.7 Å². The molecule has 5 heterocycles. The summed E-state index contributed by atoms with van der Waals surface area (Å²) in [5, 5.41) is 0. The smallest absolute Gasteiger partial charge is 0.387 e. The lowest BCUT2D eigenvalue weighted by Crippen LogP contribution is -2.50. The molecule has 5 rings (SSSR count). The van der Waals surface area contributed by atoms with Crippen molar-refractivity contribution in [1.82, 2.24) is 19.9 Å². The lowest BCUT2D eigenvalue weighted by Gasteiger charge is -2.38. The molecule has 3 saturated heterocycles. The molecule has 3 aliphatic heterocycles. The van der Waals surface area contributed by atoms with Crippen molar-refractivity contribution in [3.8, 4) is 17.0 Å². The number of pyridine rings is 1. The summed E-state index contributed by atoms with van der Waals surface area (Å²) in [6, 6.07) is 3.50. The first-order chi connectivity index (χ1) is 15.8. The third-order valence-corrected chi connectivity index (χ3v) is 6.46. The molecule has 2 N–H and O–H groups in total. The van der Waals surface area contributed by atoms with Gasteiger partial charge in [0.15, 0.2) is 11.6 Å². The molecule has 1 unspecified atom stereocenters. The second-order valence-electron chi connectivity index (χ2n) is 8.70. The first-order valence-electron chi connectivity index (χ1n) is 11.0. The number of aromatic nitrogens is 3. The van der Waals surface area contributed by atoms with Gasteiger partial charge in [0.05, 0.1) is 12.2 Å². The van der Waals surface area contributed by atoms with Crippen molar-refractivity contribution >= 4 is 17.6 Å². The van der Waals surface area contributed by atoms with Crippen molar-refractivity contribution in [2.45, 2.75) is 37.8 Å². The molecule has 2 aromatic rings. The van der Waals surface area contributed by atoms with E-state index in [1.54, 1.807) is 6.07 Å². The molecule has 0 radical (unpaired) electrons. The van der Waals surface area contributed by atoms with Crippen molar-refractivity contribution < 1.29 is 22.3 Å². The molecule has 33 heavy (non-hydrogen) atoms. The number of nitrogens with zero attached hydrogens (tertiary/aromatic N) is 6. The van der Waals surface area contributed by atoms with E-state index in [-0.39, 0.29) is 30.5 Å². The van der Waals surface area contributed by atoms with E-state index in [0.717, 1.165) is 39.0 Å². The number of piperazine rings is 1. The molecule has 0 spiro atoms. The number of hydrogen-bond acceptors (Lipinski definition) is 8. The molecule has 178 valence electrons. The summed E-state index contributed by atoms with van der Waals surface area (Å²) in [5.41, 5.74) is 6.43. The standard InChI is InChI=1S/C21H25F4N7O/c22-19(23)33-16-8-13(10-27-18(16)26)15-9-17(31-7-6-30-4-1-2-14(30)11-31)29-20(28-15)32-5-3-21(24,25)12-32/h8-10,14,19H,1-7,11-12H2,(H2,26,27). The third-order valence-electron chi connectivity index (χ3n) is 6.46. The van der Waals surface area contributed by atoms with Crippen molar-refractivity contribution in [2.24, 2.45) is 0 Å². The van der Waals surface area contributed by atoms with E-state index < -0.39 is 19.1 Å². The number of halogens is 4. The van der Waals surface area contributed by atoms with Gasteiger partial charge in [-0.1, -0.05) is 0 Å². The Balaban J connectivity index is 1.52. The van der Waals surface area contributed by atoms with Crippen molar-refractivity contribution in [3.05, 3.63) is 18.3 Å². The monoisotopic (exact) mass is 467 g/mol. The summed E-state index contributed by atoms with van der Waals surface area (Å²) in [6.45, 7) is 0.129. The largest absolute Gasteiger partial charge is 0.431 e. The van der Waals surface area contributed by atoms with Gasteiger partial charge in [0.25, 0.3) is 5.92 Å². The molecule has 0 bridgehead atoms. The molecule has 3 aliphatic rings. The normalized spacial score (nSPS) is 22.8. The van der Waals surface area contributed by atoms with Crippen molar-refractivity contribution in [2.75, 3.05) is 54.8 Å². The zero-order chi connectivity index (χ0) is 23.2. The Hall–Kier alpha value is -2.89. The Labute approximate surface area is 188 Å². The summed E-state index contributed by atoms with van der Waals surface area (Å²) in [7, 11) is 0. The molecule has 3 fully saturated rings. The van der Waals surface area contributed by atoms with Crippen LogP contribution >= 0.6 is 0 Å². The highest BCUT2D eigenvalue weighted by Gasteiger charge is 2.40. The molecule has 0 aliphatic carbocycles. The van der Waals surface area contributed by atoms with Crippen molar-refractivity contribution in [3.63, 3.8) is 0 Å². The van der Waals surface area contributed by atoms with E-state index in [0.29, 0.717) is 23.1 Å². The quantitative estimate of drug-likeness (QED) is 0.673. The van der Waals surface area contributed by atoms with E-state index in [4.69, 9.17) is 5.73 Å². The molecule has 2 aromatic heterocycles. The lowest BCUT2D eigenvalue weighted by atomic mass is 10.1. The predicted octanol–water partition coefficient (Wildman–Crippen LogP) is 2.85. The number of hydrogen-bond donors (Lipinski definition) is 1. The fourth-order valence-corrected chi connectivity index (χ4v) is 4.76. The second kappa shape index (κ2) is 8.47.